The zero-order valence-corrected chi connectivity index (χ0v) is 41.1. The Kier molecular flexibility index (Phi) is 40.7. The highest BCUT2D eigenvalue weighted by atomic mass is 79.9. The van der Waals surface area contributed by atoms with E-state index in [1.165, 1.54) is 57.8 Å². The molecule has 0 atom stereocenters. The Morgan fingerprint density at radius 1 is 0.509 bits per heavy atom. The molecule has 0 amide bonds. The second kappa shape index (κ2) is 37.1. The van der Waals surface area contributed by atoms with E-state index in [2.05, 4.69) is 47.8 Å². The predicted octanol–water partition coefficient (Wildman–Crippen LogP) is 13.3. The van der Waals surface area contributed by atoms with Crippen molar-refractivity contribution < 1.29 is 46.7 Å². The van der Waals surface area contributed by atoms with Gasteiger partial charge in [-0.25, -0.2) is 0 Å². The molecule has 0 aromatic heterocycles. The van der Waals surface area contributed by atoms with Crippen molar-refractivity contribution >= 4 is 73.6 Å². The number of hydrogen-bond acceptors (Lipinski definition) is 10. The molecule has 0 saturated heterocycles. The molecule has 1 N–H and O–H groups in total. The van der Waals surface area contributed by atoms with Crippen molar-refractivity contribution in [2.75, 3.05) is 52.0 Å². The number of ether oxygens (including phenoxy) is 1. The van der Waals surface area contributed by atoms with Crippen LogP contribution in [0.2, 0.25) is 0 Å². The summed E-state index contributed by atoms with van der Waals surface area (Å²) in [6, 6.07) is 0. The highest BCUT2D eigenvalue weighted by Gasteiger charge is 2.25. The van der Waals surface area contributed by atoms with Crippen molar-refractivity contribution in [3.05, 3.63) is 0 Å². The van der Waals surface area contributed by atoms with Gasteiger partial charge in [0.25, 0.3) is 0 Å². The fraction of sp³-hybridized carbons (Fsp3) is 0.947. The van der Waals surface area contributed by atoms with Gasteiger partial charge in [-0.05, 0) is 97.0 Å². The number of hydrogen-bond donors (Lipinski definition) is 1. The van der Waals surface area contributed by atoms with Gasteiger partial charge in [0.15, 0.2) is 0 Å². The van der Waals surface area contributed by atoms with Crippen LogP contribution in [0.15, 0.2) is 0 Å². The van der Waals surface area contributed by atoms with Gasteiger partial charge < -0.3 is 27.9 Å². The fourth-order valence-electron chi connectivity index (χ4n) is 4.76. The van der Waals surface area contributed by atoms with Crippen molar-refractivity contribution in [1.29, 1.82) is 0 Å². The van der Waals surface area contributed by atoms with Gasteiger partial charge >= 0.3 is 21.2 Å². The van der Waals surface area contributed by atoms with Crippen LogP contribution in [0.1, 0.15) is 171 Å². The van der Waals surface area contributed by atoms with Gasteiger partial charge in [0.05, 0.1) is 49.7 Å². The molecule has 0 bridgehead atoms. The lowest BCUT2D eigenvalue weighted by Gasteiger charge is -2.16. The number of aliphatic hydroxyl groups is 1. The van der Waals surface area contributed by atoms with Crippen LogP contribution in [-0.4, -0.2) is 76.4 Å². The van der Waals surface area contributed by atoms with Crippen LogP contribution in [0.4, 0.5) is 0 Å². The molecular formula is C38H77Br3O10P2. The molecule has 320 valence electrons. The first-order chi connectivity index (χ1) is 24.9. The quantitative estimate of drug-likeness (QED) is 0.0223. The largest absolute Gasteiger partial charge is 0.465 e. The van der Waals surface area contributed by atoms with Crippen molar-refractivity contribution in [1.82, 2.24) is 0 Å². The van der Waals surface area contributed by atoms with Crippen molar-refractivity contribution in [2.45, 2.75) is 180 Å². The molecule has 0 unspecified atom stereocenters. The summed E-state index contributed by atoms with van der Waals surface area (Å²) in [7, 11) is -5.67. The molecule has 15 heteroatoms. The van der Waals surface area contributed by atoms with Crippen LogP contribution in [0.3, 0.4) is 0 Å². The Morgan fingerprint density at radius 3 is 1.02 bits per heavy atom. The minimum atomic E-state index is -2.85. The zero-order chi connectivity index (χ0) is 41.1. The Balaban J connectivity index is -0.000000816. The van der Waals surface area contributed by atoms with Gasteiger partial charge in [-0.3, -0.25) is 18.7 Å². The van der Waals surface area contributed by atoms with Crippen LogP contribution in [0, 0.1) is 0 Å². The molecule has 0 aliphatic heterocycles. The molecular weight excluding hydrogens is 918 g/mol. The topological polar surface area (TPSA) is 135 Å². The monoisotopic (exact) mass is 992 g/mol. The summed E-state index contributed by atoms with van der Waals surface area (Å²) in [5.74, 6) is -0.198. The van der Waals surface area contributed by atoms with E-state index in [0.717, 1.165) is 57.8 Å². The summed E-state index contributed by atoms with van der Waals surface area (Å²) in [6.45, 7) is 17.1. The van der Waals surface area contributed by atoms with E-state index in [1.807, 2.05) is 27.7 Å². The SMILES string of the molecule is CC(C)(Br)C(=O)Br.CCOP(=O)(CCCCCCCCCCCO)OCC.CCOP(=O)(CCCCCCCCCCCOC(=O)C(C)(C)Br)OCC. The van der Waals surface area contributed by atoms with E-state index in [-0.39, 0.29) is 10.7 Å². The van der Waals surface area contributed by atoms with Crippen LogP contribution in [0.5, 0.6) is 0 Å². The van der Waals surface area contributed by atoms with Crippen LogP contribution in [0.25, 0.3) is 0 Å². The number of rotatable bonds is 33. The van der Waals surface area contributed by atoms with E-state index in [0.29, 0.717) is 52.0 Å². The first-order valence-corrected chi connectivity index (χ1v) is 25.8. The zero-order valence-electron chi connectivity index (χ0n) is 34.5. The number of halogens is 3. The maximum atomic E-state index is 12.3. The molecule has 53 heavy (non-hydrogen) atoms. The Labute approximate surface area is 349 Å². The number of aliphatic hydroxyl groups excluding tert-OH is 1. The van der Waals surface area contributed by atoms with Gasteiger partial charge in [0.2, 0.25) is 4.69 Å². The van der Waals surface area contributed by atoms with Crippen molar-refractivity contribution in [3.8, 4) is 0 Å². The number of esters is 1. The lowest BCUT2D eigenvalue weighted by Crippen LogP contribution is -2.26. The Bertz CT molecular complexity index is 939. The number of alkyl halides is 2. The van der Waals surface area contributed by atoms with Gasteiger partial charge in [0.1, 0.15) is 4.32 Å². The molecule has 0 spiro atoms. The summed E-state index contributed by atoms with van der Waals surface area (Å²) in [5, 5.41) is 8.66. The maximum absolute atomic E-state index is 12.3. The van der Waals surface area contributed by atoms with Gasteiger partial charge in [-0.1, -0.05) is 122 Å². The normalized spacial score (nSPS) is 12.1. The minimum Gasteiger partial charge on any atom is -0.465 e. The summed E-state index contributed by atoms with van der Waals surface area (Å²) >= 11 is 9.25. The fourth-order valence-corrected chi connectivity index (χ4v) is 8.33. The average Bonchev–Trinajstić information content (AvgIpc) is 3.06. The number of carbonyl (C=O) groups excluding carboxylic acids is 2. The highest BCUT2D eigenvalue weighted by molar-refractivity contribution is 9.20. The smallest absolute Gasteiger partial charge is 0.330 e. The number of carbonyl (C=O) groups is 2. The van der Waals surface area contributed by atoms with Crippen molar-refractivity contribution in [3.63, 3.8) is 0 Å². The first kappa shape index (κ1) is 58.2. The van der Waals surface area contributed by atoms with Crippen molar-refractivity contribution in [2.24, 2.45) is 0 Å². The first-order valence-electron chi connectivity index (χ1n) is 20.0. The van der Waals surface area contributed by atoms with Gasteiger partial charge in [-0.2, -0.15) is 0 Å². The third-order valence-electron chi connectivity index (χ3n) is 7.66. The maximum Gasteiger partial charge on any atom is 0.330 e. The standard InChI is InChI=1S/C19H38BrO5P.C15H33O4P.C4H6Br2O/c1-5-24-26(22,25-6-2)17-15-13-11-9-7-8-10-12-14-16-23-18(21)19(3,4)20;1-3-18-20(17,19-4-2)15-13-11-9-7-5-6-8-10-12-14-16;1-4(2,6)3(5)7/h5-17H2,1-4H3;16H,3-15H2,1-2H3;1-2H3. The lowest BCUT2D eigenvalue weighted by atomic mass is 10.1. The second-order valence-electron chi connectivity index (χ2n) is 13.8. The predicted molar refractivity (Wildman–Crippen MR) is 233 cm³/mol. The summed E-state index contributed by atoms with van der Waals surface area (Å²) in [6.07, 6.45) is 21.3. The van der Waals surface area contributed by atoms with Crippen LogP contribution in [-0.2, 0) is 41.6 Å². The van der Waals surface area contributed by atoms with E-state index in [1.54, 1.807) is 27.7 Å². The highest BCUT2D eigenvalue weighted by Crippen LogP contribution is 2.49. The Hall–Kier alpha value is 0.840. The summed E-state index contributed by atoms with van der Waals surface area (Å²) < 4.78 is 49.8. The molecule has 0 aromatic carbocycles. The molecule has 0 aromatic rings. The number of unbranched alkanes of at least 4 members (excludes halogenated alkanes) is 16. The molecule has 0 rings (SSSR count). The van der Waals surface area contributed by atoms with Gasteiger partial charge in [0, 0.05) is 6.61 Å². The van der Waals surface area contributed by atoms with E-state index < -0.39 is 23.8 Å². The molecule has 0 radical (unpaired) electrons. The molecule has 0 aliphatic carbocycles. The molecule has 10 nitrogen and oxygen atoms in total. The van der Waals surface area contributed by atoms with E-state index in [4.69, 9.17) is 27.9 Å². The van der Waals surface area contributed by atoms with E-state index in [9.17, 15) is 18.7 Å². The van der Waals surface area contributed by atoms with E-state index >= 15 is 0 Å². The summed E-state index contributed by atoms with van der Waals surface area (Å²) in [5.41, 5.74) is 0. The average molecular weight is 996 g/mol. The minimum absolute atomic E-state index is 0.0278. The third-order valence-corrected chi connectivity index (χ3v) is 14.2. The third kappa shape index (κ3) is 40.8. The second-order valence-corrected chi connectivity index (χ2v) is 22.8. The van der Waals surface area contributed by atoms with Crippen LogP contribution >= 0.6 is 63.0 Å². The molecule has 0 heterocycles. The molecule has 0 fully saturated rings. The summed E-state index contributed by atoms with van der Waals surface area (Å²) in [4.78, 5) is 21.9. The molecule has 0 saturated carbocycles. The molecule has 0 aliphatic rings. The lowest BCUT2D eigenvalue weighted by molar-refractivity contribution is -0.145. The van der Waals surface area contributed by atoms with Crippen LogP contribution < -0.4 is 0 Å². The Morgan fingerprint density at radius 2 is 0.774 bits per heavy atom. The van der Waals surface area contributed by atoms with Gasteiger partial charge in [-0.15, -0.1) is 0 Å².